The van der Waals surface area contributed by atoms with E-state index in [1.54, 1.807) is 0 Å². The Morgan fingerprint density at radius 2 is 1.66 bits per heavy atom. The van der Waals surface area contributed by atoms with Crippen LogP contribution in [0.1, 0.15) is 76.2 Å². The molecular formula is C22H37NO6S3. The topological polar surface area (TPSA) is 110 Å². The van der Waals surface area contributed by atoms with Crippen LogP contribution >= 0.6 is 11.7 Å². The largest absolute Gasteiger partial charge is 0.491 e. The molecule has 2 N–H and O–H groups in total. The first-order valence-corrected chi connectivity index (χ1v) is 15.2. The molecule has 184 valence electrons. The van der Waals surface area contributed by atoms with Crippen LogP contribution in [0.2, 0.25) is 0 Å². The van der Waals surface area contributed by atoms with Gasteiger partial charge >= 0.3 is 0 Å². The minimum atomic E-state index is -3.26. The van der Waals surface area contributed by atoms with Crippen LogP contribution in [0.4, 0.5) is 5.69 Å². The summed E-state index contributed by atoms with van der Waals surface area (Å²) in [6.07, 6.45) is 9.53. The number of carbonyl (C=O) groups is 1. The monoisotopic (exact) mass is 507 g/mol. The van der Waals surface area contributed by atoms with Crippen molar-refractivity contribution in [3.05, 3.63) is 23.8 Å². The fourth-order valence-corrected chi connectivity index (χ4v) is 4.63. The number of unbranched alkanes of at least 4 members (excludes halogenated alkanes) is 8. The highest BCUT2D eigenvalue weighted by Crippen LogP contribution is 2.26. The van der Waals surface area contributed by atoms with Gasteiger partial charge < -0.3 is 14.6 Å². The van der Waals surface area contributed by atoms with Crippen LogP contribution in [0, 0.1) is 6.92 Å². The number of hydrogen-bond donors (Lipinski definition) is 3. The number of benzene rings is 1. The molecule has 0 fully saturated rings. The number of thiol groups is 1. The molecule has 7 nitrogen and oxygen atoms in total. The molecule has 0 heterocycles. The lowest BCUT2D eigenvalue weighted by Crippen LogP contribution is -2.13. The summed E-state index contributed by atoms with van der Waals surface area (Å²) >= 11 is 1.85. The molecule has 10 heteroatoms. The average Bonchev–Trinajstić information content (AvgIpc) is 2.69. The van der Waals surface area contributed by atoms with Crippen molar-refractivity contribution < 1.29 is 26.7 Å². The summed E-state index contributed by atoms with van der Waals surface area (Å²) in [6, 6.07) is 5.60. The zero-order chi connectivity index (χ0) is 23.8. The third-order valence-electron chi connectivity index (χ3n) is 4.94. The maximum Gasteiger partial charge on any atom is 0.224 e. The molecule has 0 saturated heterocycles. The van der Waals surface area contributed by atoms with Crippen molar-refractivity contribution in [1.82, 2.24) is 0 Å². The minimum Gasteiger partial charge on any atom is -0.491 e. The van der Waals surface area contributed by atoms with E-state index in [0.29, 0.717) is 43.1 Å². The van der Waals surface area contributed by atoms with E-state index in [4.69, 9.17) is 9.29 Å². The third kappa shape index (κ3) is 15.7. The van der Waals surface area contributed by atoms with Gasteiger partial charge in [-0.05, 0) is 62.0 Å². The number of aryl methyl sites for hydroxylation is 1. The Kier molecular flexibility index (Phi) is 14.9. The highest BCUT2D eigenvalue weighted by molar-refractivity contribution is 8.63. The van der Waals surface area contributed by atoms with Gasteiger partial charge in [-0.15, -0.1) is 0 Å². The Bertz CT molecular complexity index is 814. The van der Waals surface area contributed by atoms with Crippen molar-refractivity contribution in [2.45, 2.75) is 77.6 Å². The van der Waals surface area contributed by atoms with Crippen LogP contribution in [-0.2, 0) is 24.7 Å². The van der Waals surface area contributed by atoms with Crippen molar-refractivity contribution in [3.63, 3.8) is 0 Å². The molecule has 1 rings (SSSR count). The van der Waals surface area contributed by atoms with Gasteiger partial charge in [-0.2, -0.15) is 0 Å². The smallest absolute Gasteiger partial charge is 0.224 e. The summed E-state index contributed by atoms with van der Waals surface area (Å²) in [5.74, 6) is 0.924. The van der Waals surface area contributed by atoms with Gasteiger partial charge in [0.15, 0.2) is 19.9 Å². The van der Waals surface area contributed by atoms with E-state index in [0.717, 1.165) is 56.9 Å². The van der Waals surface area contributed by atoms with Crippen molar-refractivity contribution in [2.24, 2.45) is 0 Å². The van der Waals surface area contributed by atoms with E-state index in [-0.39, 0.29) is 11.7 Å². The number of amides is 1. The van der Waals surface area contributed by atoms with Crippen molar-refractivity contribution in [1.29, 1.82) is 0 Å². The Hall–Kier alpha value is -1.10. The van der Waals surface area contributed by atoms with E-state index in [2.05, 4.69) is 17.0 Å². The van der Waals surface area contributed by atoms with Crippen LogP contribution in [0.5, 0.6) is 5.75 Å². The van der Waals surface area contributed by atoms with E-state index < -0.39 is 19.9 Å². The molecule has 1 aromatic carbocycles. The van der Waals surface area contributed by atoms with Gasteiger partial charge in [-0.1, -0.05) is 44.6 Å². The second-order valence-corrected chi connectivity index (χ2v) is 12.3. The van der Waals surface area contributed by atoms with E-state index in [9.17, 15) is 17.4 Å². The number of nitrogens with one attached hydrogen (secondary N) is 1. The van der Waals surface area contributed by atoms with Crippen LogP contribution in [0.25, 0.3) is 0 Å². The Morgan fingerprint density at radius 1 is 1.03 bits per heavy atom. The third-order valence-corrected chi connectivity index (χ3v) is 6.93. The molecule has 0 aliphatic heterocycles. The minimum absolute atomic E-state index is 0.0167. The number of anilines is 1. The molecule has 32 heavy (non-hydrogen) atoms. The highest BCUT2D eigenvalue weighted by atomic mass is 33.1. The molecular weight excluding hydrogens is 470 g/mol. The first-order chi connectivity index (χ1) is 15.2. The van der Waals surface area contributed by atoms with Gasteiger partial charge in [0.05, 0.1) is 18.0 Å². The fourth-order valence-electron chi connectivity index (χ4n) is 3.22. The summed E-state index contributed by atoms with van der Waals surface area (Å²) in [4.78, 5) is 12.3. The Labute approximate surface area is 200 Å². The van der Waals surface area contributed by atoms with E-state index in [1.165, 1.54) is 0 Å². The predicted molar refractivity (Wildman–Crippen MR) is 135 cm³/mol. The summed E-state index contributed by atoms with van der Waals surface area (Å²) in [6.45, 7) is 2.31. The number of hydrogen-bond acceptors (Lipinski definition) is 5. The van der Waals surface area contributed by atoms with Crippen LogP contribution in [-0.4, -0.2) is 41.2 Å². The van der Waals surface area contributed by atoms with Gasteiger partial charge in [0.1, 0.15) is 5.75 Å². The zero-order valence-corrected chi connectivity index (χ0v) is 21.4. The molecule has 0 aliphatic carbocycles. The number of rotatable bonds is 18. The quantitative estimate of drug-likeness (QED) is 0.111. The molecule has 1 amide bonds. The fraction of sp³-hybridized carbons (Fsp3) is 0.682. The summed E-state index contributed by atoms with van der Waals surface area (Å²) in [5, 5.41) is 2.93. The highest BCUT2D eigenvalue weighted by Gasteiger charge is 2.09. The molecule has 0 spiro atoms. The molecule has 1 unspecified atom stereocenters. The summed E-state index contributed by atoms with van der Waals surface area (Å²) in [7, 11) is -3.26. The standard InChI is InChI=1S/C22H37NO6S3/c1-19-13-14-21(29-15-9-11-17-32(27,28)30)20(18-19)23-22(24)12-8-6-4-2-3-5-7-10-16-31(25)26/h13-14,18H,2-12,15-17H2,1H3,(H,23,24)(H,25,26)(H,27,28,30). The molecule has 1 aromatic rings. The van der Waals surface area contributed by atoms with Gasteiger partial charge in [0, 0.05) is 12.2 Å². The van der Waals surface area contributed by atoms with Crippen LogP contribution < -0.4 is 10.1 Å². The Morgan fingerprint density at radius 3 is 2.28 bits per heavy atom. The second kappa shape index (κ2) is 16.5. The zero-order valence-electron chi connectivity index (χ0n) is 18.9. The van der Waals surface area contributed by atoms with Crippen LogP contribution in [0.15, 0.2) is 18.2 Å². The van der Waals surface area contributed by atoms with Gasteiger partial charge in [0.2, 0.25) is 5.91 Å². The first-order valence-electron chi connectivity index (χ1n) is 11.2. The van der Waals surface area contributed by atoms with E-state index in [1.807, 2.05) is 25.1 Å². The van der Waals surface area contributed by atoms with Crippen molar-refractivity contribution in [3.8, 4) is 5.75 Å². The van der Waals surface area contributed by atoms with Gasteiger partial charge in [-0.25, -0.2) is 12.6 Å². The lowest BCUT2D eigenvalue weighted by atomic mass is 10.1. The maximum atomic E-state index is 12.3. The summed E-state index contributed by atoms with van der Waals surface area (Å²) < 4.78 is 47.1. The molecule has 0 aromatic heterocycles. The molecule has 0 aliphatic rings. The molecule has 0 bridgehead atoms. The van der Waals surface area contributed by atoms with Gasteiger partial charge in [0.25, 0.3) is 0 Å². The lowest BCUT2D eigenvalue weighted by molar-refractivity contribution is -0.116. The average molecular weight is 508 g/mol. The lowest BCUT2D eigenvalue weighted by Gasteiger charge is -2.13. The van der Waals surface area contributed by atoms with Crippen LogP contribution in [0.3, 0.4) is 0 Å². The van der Waals surface area contributed by atoms with Crippen molar-refractivity contribution in [2.75, 3.05) is 23.4 Å². The number of ether oxygens (including phenoxy) is 1. The number of carbonyl (C=O) groups excluding carboxylic acids is 1. The maximum absolute atomic E-state index is 12.3. The first kappa shape index (κ1) is 28.9. The van der Waals surface area contributed by atoms with Crippen molar-refractivity contribution >= 4 is 43.2 Å². The second-order valence-electron chi connectivity index (χ2n) is 7.99. The van der Waals surface area contributed by atoms with E-state index >= 15 is 0 Å². The normalized spacial score (nSPS) is 12.5. The predicted octanol–water partition coefficient (Wildman–Crippen LogP) is 5.08. The van der Waals surface area contributed by atoms with Gasteiger partial charge in [-0.3, -0.25) is 4.79 Å². The molecule has 0 saturated carbocycles. The SMILES string of the molecule is Cc1ccc(OCCCCS(=O)(=O)S)c(NC(=O)CCCCCCCCCCS(=O)O)c1. The molecule has 1 atom stereocenters. The molecule has 0 radical (unpaired) electrons. The summed E-state index contributed by atoms with van der Waals surface area (Å²) in [5.41, 5.74) is 1.65. The Balaban J connectivity index is 2.24.